The lowest BCUT2D eigenvalue weighted by Crippen LogP contribution is -2.35. The maximum atomic E-state index is 12.7. The van der Waals surface area contributed by atoms with Crippen LogP contribution in [0.15, 0.2) is 22.7 Å². The predicted octanol–water partition coefficient (Wildman–Crippen LogP) is 5.97. The number of ether oxygens (including phenoxy) is 1. The number of amides is 1. The van der Waals surface area contributed by atoms with Crippen LogP contribution >= 0.6 is 38.6 Å². The number of fused-ring (bicyclic) bond motifs is 2. The Morgan fingerprint density at radius 2 is 2.06 bits per heavy atom. The van der Waals surface area contributed by atoms with Gasteiger partial charge >= 0.3 is 0 Å². The van der Waals surface area contributed by atoms with Crippen LogP contribution < -0.4 is 16.0 Å². The Morgan fingerprint density at radius 1 is 1.27 bits per heavy atom. The highest BCUT2D eigenvalue weighted by molar-refractivity contribution is 9.10. The Labute approximate surface area is 212 Å². The number of nitrogens with one attached hydrogen (secondary N) is 3. The lowest BCUT2D eigenvalue weighted by atomic mass is 9.95. The van der Waals surface area contributed by atoms with Crippen LogP contribution in [0.25, 0.3) is 20.8 Å². The molecule has 180 valence electrons. The molecule has 3 N–H and O–H groups in total. The van der Waals surface area contributed by atoms with Gasteiger partial charge in [0.15, 0.2) is 0 Å². The van der Waals surface area contributed by atoms with E-state index in [0.717, 1.165) is 43.2 Å². The van der Waals surface area contributed by atoms with E-state index < -0.39 is 0 Å². The van der Waals surface area contributed by atoms with E-state index in [4.69, 9.17) is 9.72 Å². The molecule has 6 nitrogen and oxygen atoms in total. The normalized spacial score (nSPS) is 17.4. The molecule has 1 aliphatic rings. The zero-order valence-corrected chi connectivity index (χ0v) is 23.1. The van der Waals surface area contributed by atoms with Crippen LogP contribution in [-0.2, 0) is 16.0 Å². The molecule has 0 fully saturated rings. The van der Waals surface area contributed by atoms with Gasteiger partial charge in [0.25, 0.3) is 0 Å². The second-order valence-corrected chi connectivity index (χ2v) is 10.8. The molecule has 4 rings (SSSR count). The van der Waals surface area contributed by atoms with Gasteiger partial charge in [0.05, 0.1) is 16.8 Å². The number of thiazole rings is 1. The van der Waals surface area contributed by atoms with Gasteiger partial charge in [-0.1, -0.05) is 29.8 Å². The van der Waals surface area contributed by atoms with Crippen molar-refractivity contribution in [3.8, 4) is 10.6 Å². The van der Waals surface area contributed by atoms with Crippen LogP contribution in [-0.4, -0.2) is 43.7 Å². The zero-order chi connectivity index (χ0) is 24.0. The van der Waals surface area contributed by atoms with Gasteiger partial charge in [-0.15, -0.1) is 22.7 Å². The zero-order valence-electron chi connectivity index (χ0n) is 19.9. The Bertz CT molecular complexity index is 1080. The molecule has 0 spiro atoms. The summed E-state index contributed by atoms with van der Waals surface area (Å²) in [5.41, 5.74) is 3.39. The first-order chi connectivity index (χ1) is 16.0. The summed E-state index contributed by atoms with van der Waals surface area (Å²) in [6.45, 7) is 10.4. The number of aromatic nitrogens is 1. The first-order valence-corrected chi connectivity index (χ1v) is 13.9. The number of hydrogen-bond acceptors (Lipinski definition) is 7. The van der Waals surface area contributed by atoms with E-state index >= 15 is 0 Å². The summed E-state index contributed by atoms with van der Waals surface area (Å²) in [5.74, 6) is 0.0160. The summed E-state index contributed by atoms with van der Waals surface area (Å²) in [7, 11) is 1.67. The van der Waals surface area contributed by atoms with Crippen LogP contribution in [0.5, 0.6) is 0 Å². The molecular weight excluding hydrogens is 520 g/mol. The van der Waals surface area contributed by atoms with E-state index in [1.807, 2.05) is 26.0 Å². The number of nitrogens with zero attached hydrogens (tertiary/aromatic N) is 1. The number of halogens is 1. The Kier molecular flexibility index (Phi) is 9.84. The lowest BCUT2D eigenvalue weighted by Gasteiger charge is -2.26. The molecule has 33 heavy (non-hydrogen) atoms. The van der Waals surface area contributed by atoms with Crippen molar-refractivity contribution in [3.05, 3.63) is 33.1 Å². The summed E-state index contributed by atoms with van der Waals surface area (Å²) in [4.78, 5) is 18.9. The van der Waals surface area contributed by atoms with Crippen LogP contribution in [0.3, 0.4) is 0 Å². The third-order valence-corrected chi connectivity index (χ3v) is 8.18. The van der Waals surface area contributed by atoms with E-state index in [9.17, 15) is 4.79 Å². The molecule has 0 saturated carbocycles. The fourth-order valence-corrected chi connectivity index (χ4v) is 6.61. The minimum atomic E-state index is 0.0160. The Morgan fingerprint density at radius 3 is 2.82 bits per heavy atom. The summed E-state index contributed by atoms with van der Waals surface area (Å²) in [6.07, 6.45) is 1.35. The van der Waals surface area contributed by atoms with Gasteiger partial charge in [-0.2, -0.15) is 0 Å². The van der Waals surface area contributed by atoms with Gasteiger partial charge in [0.1, 0.15) is 10.0 Å². The number of anilines is 1. The summed E-state index contributed by atoms with van der Waals surface area (Å²) in [6, 6.07) is 6.82. The highest BCUT2D eigenvalue weighted by Crippen LogP contribution is 2.47. The van der Waals surface area contributed by atoms with E-state index in [0.29, 0.717) is 25.6 Å². The van der Waals surface area contributed by atoms with E-state index in [1.165, 1.54) is 10.4 Å². The van der Waals surface area contributed by atoms with Crippen molar-refractivity contribution in [3.63, 3.8) is 0 Å². The smallest absolute Gasteiger partial charge is 0.226 e. The van der Waals surface area contributed by atoms with Crippen molar-refractivity contribution in [2.45, 2.75) is 52.6 Å². The molecule has 2 unspecified atom stereocenters. The maximum Gasteiger partial charge on any atom is 0.226 e. The monoisotopic (exact) mass is 552 g/mol. The van der Waals surface area contributed by atoms with Gasteiger partial charge in [-0.3, -0.25) is 4.79 Å². The van der Waals surface area contributed by atoms with Gasteiger partial charge in [0.2, 0.25) is 5.91 Å². The number of thiophene rings is 1. The number of carbonyl (C=O) groups is 1. The molecule has 0 radical (unpaired) electrons. The fraction of sp³-hybridized carbons (Fsp3) is 0.500. The average Bonchev–Trinajstić information content (AvgIpc) is 3.35. The number of methoxy groups -OCH3 is 1. The summed E-state index contributed by atoms with van der Waals surface area (Å²) in [5, 5.41) is 11.9. The highest BCUT2D eigenvalue weighted by Gasteiger charge is 2.30. The molecule has 2 atom stereocenters. The van der Waals surface area contributed by atoms with Gasteiger partial charge < -0.3 is 20.7 Å². The highest BCUT2D eigenvalue weighted by atomic mass is 79.9. The van der Waals surface area contributed by atoms with Gasteiger partial charge in [-0.05, 0) is 44.0 Å². The summed E-state index contributed by atoms with van der Waals surface area (Å²) < 4.78 is 7.20. The largest absolute Gasteiger partial charge is 0.383 e. The maximum absolute atomic E-state index is 12.7. The third-order valence-electron chi connectivity index (χ3n) is 5.30. The molecule has 3 heterocycles. The first-order valence-electron chi connectivity index (χ1n) is 11.4. The predicted molar refractivity (Wildman–Crippen MR) is 145 cm³/mol. The average molecular weight is 554 g/mol. The van der Waals surface area contributed by atoms with Crippen LogP contribution in [0.2, 0.25) is 0 Å². The minimum Gasteiger partial charge on any atom is -0.383 e. The number of carbonyl (C=O) groups excluding carboxylic acids is 1. The quantitative estimate of drug-likeness (QED) is 0.300. The number of rotatable bonds is 8. The van der Waals surface area contributed by atoms with Crippen LogP contribution in [0.1, 0.15) is 50.6 Å². The Hall–Kier alpha value is -1.36. The first kappa shape index (κ1) is 26.2. The van der Waals surface area contributed by atoms with Crippen molar-refractivity contribution in [2.75, 3.05) is 32.1 Å². The molecule has 3 aromatic rings. The topological polar surface area (TPSA) is 75.3 Å². The molecule has 0 saturated heterocycles. The second kappa shape index (κ2) is 12.4. The minimum absolute atomic E-state index is 0.0160. The molecule has 1 aliphatic heterocycles. The van der Waals surface area contributed by atoms with Crippen LogP contribution in [0.4, 0.5) is 5.00 Å². The van der Waals surface area contributed by atoms with E-state index in [-0.39, 0.29) is 11.9 Å². The van der Waals surface area contributed by atoms with Gasteiger partial charge in [-0.25, -0.2) is 4.98 Å². The number of benzene rings is 1. The molecule has 9 heteroatoms. The Balaban J connectivity index is 0.00000149. The van der Waals surface area contributed by atoms with Crippen molar-refractivity contribution < 1.29 is 9.53 Å². The van der Waals surface area contributed by atoms with Crippen molar-refractivity contribution in [1.82, 2.24) is 15.6 Å². The van der Waals surface area contributed by atoms with Gasteiger partial charge in [0, 0.05) is 53.6 Å². The van der Waals surface area contributed by atoms with Crippen molar-refractivity contribution in [2.24, 2.45) is 0 Å². The van der Waals surface area contributed by atoms with Crippen LogP contribution in [0, 0.1) is 0 Å². The SMILES string of the molecule is CC.COCCNCCC(=O)Nc1sc2c(c1-c1nc3cc(Br)ccc3s1)CC(C)NC2C. The molecule has 1 aromatic carbocycles. The second-order valence-electron chi connectivity index (χ2n) is 7.81. The standard InChI is InChI=1S/C22H27BrN4O2S2.C2H6/c1-12-10-15-19(21-26-16-11-14(23)4-5-17(16)30-21)22(31-20(15)13(2)25-12)27-18(28)6-7-24-8-9-29-3;1-2/h4-5,11-13,24-25H,6-10H2,1-3H3,(H,27,28);1-2H3. The molecule has 1 amide bonds. The molecular formula is C24H33BrN4O2S2. The summed E-state index contributed by atoms with van der Waals surface area (Å²) >= 11 is 6.90. The molecule has 0 bridgehead atoms. The van der Waals surface area contributed by atoms with Crippen molar-refractivity contribution >= 4 is 59.7 Å². The molecule has 0 aliphatic carbocycles. The van der Waals surface area contributed by atoms with E-state index in [2.05, 4.69) is 51.8 Å². The number of hydrogen-bond donors (Lipinski definition) is 3. The fourth-order valence-electron chi connectivity index (χ4n) is 3.91. The molecule has 2 aromatic heterocycles. The lowest BCUT2D eigenvalue weighted by molar-refractivity contribution is -0.116. The van der Waals surface area contributed by atoms with E-state index in [1.54, 1.807) is 29.8 Å². The van der Waals surface area contributed by atoms with Crippen molar-refractivity contribution in [1.29, 1.82) is 0 Å². The third kappa shape index (κ3) is 6.41.